The highest BCUT2D eigenvalue weighted by molar-refractivity contribution is 5.40. The van der Waals surface area contributed by atoms with Crippen LogP contribution in [0.25, 0.3) is 0 Å². The zero-order chi connectivity index (χ0) is 18.1. The van der Waals surface area contributed by atoms with Gasteiger partial charge in [0.05, 0.1) is 19.9 Å². The molecule has 0 saturated carbocycles. The molecular formula is C20H19FN3O2+. The number of fused-ring (bicyclic) bond motifs is 1. The van der Waals surface area contributed by atoms with Crippen molar-refractivity contribution in [2.45, 2.75) is 18.8 Å². The lowest BCUT2D eigenvalue weighted by Crippen LogP contribution is -2.45. The predicted octanol–water partition coefficient (Wildman–Crippen LogP) is 2.38. The van der Waals surface area contributed by atoms with Crippen LogP contribution in [-0.4, -0.2) is 17.2 Å². The summed E-state index contributed by atoms with van der Waals surface area (Å²) >= 11 is 0. The first kappa shape index (κ1) is 16.5. The van der Waals surface area contributed by atoms with Crippen LogP contribution in [0.1, 0.15) is 11.1 Å². The zero-order valence-corrected chi connectivity index (χ0v) is 14.3. The van der Waals surface area contributed by atoms with E-state index in [0.29, 0.717) is 24.6 Å². The van der Waals surface area contributed by atoms with Gasteiger partial charge in [-0.1, -0.05) is 17.1 Å². The third kappa shape index (κ3) is 2.78. The average Bonchev–Trinajstić information content (AvgIpc) is 2.95. The Labute approximate surface area is 150 Å². The van der Waals surface area contributed by atoms with Gasteiger partial charge in [0.1, 0.15) is 24.3 Å². The Morgan fingerprint density at radius 2 is 2.04 bits per heavy atom. The van der Waals surface area contributed by atoms with Crippen LogP contribution in [0.4, 0.5) is 10.3 Å². The maximum atomic E-state index is 13.4. The topological polar surface area (TPSA) is 49.5 Å². The van der Waals surface area contributed by atoms with Gasteiger partial charge in [-0.05, 0) is 42.0 Å². The minimum atomic E-state index is -1.32. The molecular weight excluding hydrogens is 333 g/mol. The Hall–Kier alpha value is -2.99. The second kappa shape index (κ2) is 6.38. The van der Waals surface area contributed by atoms with E-state index in [4.69, 9.17) is 4.74 Å². The van der Waals surface area contributed by atoms with Gasteiger partial charge in [0.2, 0.25) is 5.72 Å². The summed E-state index contributed by atoms with van der Waals surface area (Å²) in [5, 5.41) is 11.5. The zero-order valence-electron chi connectivity index (χ0n) is 14.3. The van der Waals surface area contributed by atoms with E-state index in [2.05, 4.69) is 4.98 Å². The van der Waals surface area contributed by atoms with Crippen molar-refractivity contribution in [3.63, 3.8) is 0 Å². The molecule has 1 aromatic heterocycles. The summed E-state index contributed by atoms with van der Waals surface area (Å²) in [5.41, 5.74) is 0.272. The van der Waals surface area contributed by atoms with E-state index in [-0.39, 0.29) is 5.82 Å². The van der Waals surface area contributed by atoms with Crippen LogP contribution in [-0.2, 0) is 18.8 Å². The summed E-state index contributed by atoms with van der Waals surface area (Å²) in [5.74, 6) is 1.07. The van der Waals surface area contributed by atoms with Gasteiger partial charge >= 0.3 is 5.95 Å². The molecule has 0 bridgehead atoms. The molecule has 3 aromatic rings. The number of anilines is 1. The summed E-state index contributed by atoms with van der Waals surface area (Å²) < 4.78 is 20.5. The number of nitrogens with zero attached hydrogens (tertiary/aromatic N) is 3. The third-order valence-corrected chi connectivity index (χ3v) is 4.66. The molecule has 1 aliphatic rings. The molecule has 0 aliphatic carbocycles. The normalized spacial score (nSPS) is 18.7. The quantitative estimate of drug-likeness (QED) is 0.733. The molecule has 1 N–H and O–H groups in total. The maximum absolute atomic E-state index is 13.4. The molecule has 4 rings (SSSR count). The number of halogens is 1. The van der Waals surface area contributed by atoms with Crippen molar-refractivity contribution in [3.8, 4) is 5.75 Å². The standard InChI is InChI=1S/C20H19FN3O2/c1-26-18-5-2-4-15(12-18)13-24-19-22-10-3-11-23(19)14-20(24,25)16-6-8-17(21)9-7-16/h2-12,25H,13-14H2,1H3/q+1/t20-/m1/s1. The molecule has 2 heterocycles. The van der Waals surface area contributed by atoms with Crippen LogP contribution >= 0.6 is 0 Å². The fourth-order valence-electron chi connectivity index (χ4n) is 3.35. The third-order valence-electron chi connectivity index (χ3n) is 4.66. The van der Waals surface area contributed by atoms with Crippen LogP contribution in [0.5, 0.6) is 5.75 Å². The number of hydrogen-bond donors (Lipinski definition) is 1. The number of methoxy groups -OCH3 is 1. The number of hydrogen-bond acceptors (Lipinski definition) is 4. The highest BCUT2D eigenvalue weighted by Gasteiger charge is 2.51. The van der Waals surface area contributed by atoms with Crippen LogP contribution < -0.4 is 14.2 Å². The van der Waals surface area contributed by atoms with E-state index in [1.54, 1.807) is 25.4 Å². The first-order valence-corrected chi connectivity index (χ1v) is 8.33. The Kier molecular flexibility index (Phi) is 4.05. The molecule has 26 heavy (non-hydrogen) atoms. The van der Waals surface area contributed by atoms with Gasteiger partial charge in [-0.3, -0.25) is 0 Å². The Morgan fingerprint density at radius 1 is 1.23 bits per heavy atom. The molecule has 6 heteroatoms. The molecule has 5 nitrogen and oxygen atoms in total. The van der Waals surface area contributed by atoms with Crippen LogP contribution in [0, 0.1) is 5.82 Å². The van der Waals surface area contributed by atoms with Crippen LogP contribution in [0.15, 0.2) is 67.0 Å². The second-order valence-electron chi connectivity index (χ2n) is 6.31. The molecule has 1 atom stereocenters. The van der Waals surface area contributed by atoms with Crippen molar-refractivity contribution in [2.24, 2.45) is 0 Å². The summed E-state index contributed by atoms with van der Waals surface area (Å²) in [6.07, 6.45) is 3.57. The molecule has 0 saturated heterocycles. The number of aliphatic hydroxyl groups is 1. The number of benzene rings is 2. The molecule has 0 unspecified atom stereocenters. The molecule has 0 radical (unpaired) electrons. The fourth-order valence-corrected chi connectivity index (χ4v) is 3.35. The first-order chi connectivity index (χ1) is 12.6. The molecule has 2 aromatic carbocycles. The van der Waals surface area contributed by atoms with E-state index < -0.39 is 5.72 Å². The highest BCUT2D eigenvalue weighted by Crippen LogP contribution is 2.35. The largest absolute Gasteiger partial charge is 0.497 e. The smallest absolute Gasteiger partial charge is 0.397 e. The van der Waals surface area contributed by atoms with E-state index in [9.17, 15) is 9.50 Å². The molecule has 132 valence electrons. The van der Waals surface area contributed by atoms with Crippen molar-refractivity contribution < 1.29 is 18.8 Å². The fraction of sp³-hybridized carbons (Fsp3) is 0.200. The maximum Gasteiger partial charge on any atom is 0.397 e. The number of aromatic nitrogens is 2. The van der Waals surface area contributed by atoms with E-state index in [0.717, 1.165) is 11.3 Å². The van der Waals surface area contributed by atoms with Gasteiger partial charge in [-0.25, -0.2) is 13.9 Å². The lowest BCUT2D eigenvalue weighted by molar-refractivity contribution is -0.685. The average molecular weight is 352 g/mol. The Morgan fingerprint density at radius 3 is 2.81 bits per heavy atom. The predicted molar refractivity (Wildman–Crippen MR) is 93.9 cm³/mol. The number of rotatable bonds is 4. The lowest BCUT2D eigenvalue weighted by Gasteiger charge is -2.28. The van der Waals surface area contributed by atoms with Crippen LogP contribution in [0.2, 0.25) is 0 Å². The van der Waals surface area contributed by atoms with Gasteiger partial charge in [0.25, 0.3) is 0 Å². The lowest BCUT2D eigenvalue weighted by atomic mass is 10.0. The van der Waals surface area contributed by atoms with E-state index in [1.807, 2.05) is 46.0 Å². The van der Waals surface area contributed by atoms with Crippen molar-refractivity contribution in [2.75, 3.05) is 12.0 Å². The van der Waals surface area contributed by atoms with Gasteiger partial charge in [-0.15, -0.1) is 0 Å². The summed E-state index contributed by atoms with van der Waals surface area (Å²) in [4.78, 5) is 6.27. The monoisotopic (exact) mass is 352 g/mol. The first-order valence-electron chi connectivity index (χ1n) is 8.33. The Bertz CT molecular complexity index is 932. The Balaban J connectivity index is 1.77. The minimum absolute atomic E-state index is 0.311. The summed E-state index contributed by atoms with van der Waals surface area (Å²) in [6.45, 7) is 0.744. The van der Waals surface area contributed by atoms with Crippen molar-refractivity contribution >= 4 is 5.95 Å². The molecule has 0 fully saturated rings. The van der Waals surface area contributed by atoms with Gasteiger partial charge in [0.15, 0.2) is 0 Å². The highest BCUT2D eigenvalue weighted by atomic mass is 19.1. The van der Waals surface area contributed by atoms with Gasteiger partial charge < -0.3 is 9.84 Å². The van der Waals surface area contributed by atoms with Crippen molar-refractivity contribution in [1.29, 1.82) is 0 Å². The minimum Gasteiger partial charge on any atom is -0.497 e. The molecule has 0 amide bonds. The van der Waals surface area contributed by atoms with Gasteiger partial charge in [0, 0.05) is 11.6 Å². The summed E-state index contributed by atoms with van der Waals surface area (Å²) in [7, 11) is 1.62. The summed E-state index contributed by atoms with van der Waals surface area (Å²) in [6, 6.07) is 15.4. The molecule has 0 spiro atoms. The van der Waals surface area contributed by atoms with E-state index in [1.165, 1.54) is 12.1 Å². The second-order valence-corrected chi connectivity index (χ2v) is 6.31. The molecule has 1 aliphatic heterocycles. The SMILES string of the molecule is COc1cccc(CN2c3nccc[n+]3C[C@@]2(O)c2ccc(F)cc2)c1. The van der Waals surface area contributed by atoms with E-state index >= 15 is 0 Å². The van der Waals surface area contributed by atoms with Crippen molar-refractivity contribution in [1.82, 2.24) is 4.98 Å². The number of ether oxygens (including phenoxy) is 1. The van der Waals surface area contributed by atoms with Crippen LogP contribution in [0.3, 0.4) is 0 Å². The van der Waals surface area contributed by atoms with Crippen molar-refractivity contribution in [3.05, 3.63) is 83.9 Å². The van der Waals surface area contributed by atoms with Gasteiger partial charge in [-0.2, -0.15) is 0 Å².